The molecule has 3 aromatic carbocycles. The van der Waals surface area contributed by atoms with E-state index in [1.165, 1.54) is 30.3 Å². The van der Waals surface area contributed by atoms with Crippen LogP contribution in [0.15, 0.2) is 66.7 Å². The first kappa shape index (κ1) is 23.3. The van der Waals surface area contributed by atoms with E-state index >= 15 is 0 Å². The maximum atomic E-state index is 12.4. The topological polar surface area (TPSA) is 44.8 Å². The van der Waals surface area contributed by atoms with Crippen LogP contribution in [0.4, 0.5) is 8.78 Å². The van der Waals surface area contributed by atoms with Crippen LogP contribution in [-0.4, -0.2) is 19.5 Å². The van der Waals surface area contributed by atoms with Gasteiger partial charge in [-0.05, 0) is 72.7 Å². The fourth-order valence-corrected chi connectivity index (χ4v) is 3.25. The van der Waals surface area contributed by atoms with E-state index in [0.29, 0.717) is 22.1 Å². The van der Waals surface area contributed by atoms with E-state index in [2.05, 4.69) is 4.74 Å². The van der Waals surface area contributed by atoms with E-state index in [1.807, 2.05) is 37.3 Å². The van der Waals surface area contributed by atoms with Crippen molar-refractivity contribution < 1.29 is 27.8 Å². The molecular formula is C25H21ClF2O4. The summed E-state index contributed by atoms with van der Waals surface area (Å²) in [6.07, 6.45) is 3.07. The highest BCUT2D eigenvalue weighted by Crippen LogP contribution is 2.28. The van der Waals surface area contributed by atoms with Crippen LogP contribution >= 0.6 is 11.6 Å². The average molecular weight is 459 g/mol. The molecule has 0 amide bonds. The van der Waals surface area contributed by atoms with Gasteiger partial charge < -0.3 is 14.2 Å². The summed E-state index contributed by atoms with van der Waals surface area (Å²) in [4.78, 5) is 12.4. The number of ketones is 1. The number of carbonyl (C=O) groups is 1. The quantitative estimate of drug-likeness (QED) is 0.263. The van der Waals surface area contributed by atoms with Crippen LogP contribution in [0.2, 0.25) is 5.02 Å². The number of ether oxygens (including phenoxy) is 3. The van der Waals surface area contributed by atoms with Crippen molar-refractivity contribution in [2.75, 3.05) is 7.11 Å². The molecule has 0 fully saturated rings. The van der Waals surface area contributed by atoms with Crippen molar-refractivity contribution in [3.8, 4) is 17.2 Å². The van der Waals surface area contributed by atoms with Crippen molar-refractivity contribution >= 4 is 23.5 Å². The third-order valence-electron chi connectivity index (χ3n) is 4.57. The molecule has 0 saturated heterocycles. The minimum Gasteiger partial charge on any atom is -0.496 e. The molecule has 7 heteroatoms. The summed E-state index contributed by atoms with van der Waals surface area (Å²) in [6.45, 7) is -0.735. The number of rotatable bonds is 9. The molecule has 3 rings (SSSR count). The maximum absolute atomic E-state index is 12.4. The van der Waals surface area contributed by atoms with Gasteiger partial charge in [0.25, 0.3) is 0 Å². The number of halogens is 3. The Labute approximate surface area is 190 Å². The molecule has 0 aliphatic carbocycles. The normalized spacial score (nSPS) is 11.1. The van der Waals surface area contributed by atoms with Gasteiger partial charge in [0.2, 0.25) is 0 Å². The first-order valence-electron chi connectivity index (χ1n) is 9.69. The van der Waals surface area contributed by atoms with Crippen molar-refractivity contribution in [2.24, 2.45) is 0 Å². The summed E-state index contributed by atoms with van der Waals surface area (Å²) in [5.41, 5.74) is 2.94. The summed E-state index contributed by atoms with van der Waals surface area (Å²) in [5, 5.41) is 0.524. The molecule has 0 heterocycles. The number of benzene rings is 3. The number of carbonyl (C=O) groups excluding carboxylic acids is 1. The first-order chi connectivity index (χ1) is 15.4. The average Bonchev–Trinajstić information content (AvgIpc) is 2.77. The monoisotopic (exact) mass is 458 g/mol. The number of allylic oxidation sites excluding steroid dienone is 1. The van der Waals surface area contributed by atoms with E-state index < -0.39 is 6.61 Å². The Morgan fingerprint density at radius 3 is 2.41 bits per heavy atom. The Morgan fingerprint density at radius 1 is 1.03 bits per heavy atom. The Bertz CT molecular complexity index is 1110. The van der Waals surface area contributed by atoms with Crippen LogP contribution < -0.4 is 14.2 Å². The van der Waals surface area contributed by atoms with Gasteiger partial charge in [-0.15, -0.1) is 0 Å². The van der Waals surface area contributed by atoms with E-state index in [1.54, 1.807) is 19.3 Å². The van der Waals surface area contributed by atoms with Crippen LogP contribution in [0.5, 0.6) is 17.2 Å². The Hall–Kier alpha value is -3.38. The summed E-state index contributed by atoms with van der Waals surface area (Å²) in [7, 11) is 1.57. The van der Waals surface area contributed by atoms with Crippen LogP contribution in [0.3, 0.4) is 0 Å². The standard InChI is InChI=1S/C25H21ClF2O4/c1-16-3-11-24(21(26)13-16)31-15-19-14-17(5-12-23(19)30-2)4-10-22(29)18-6-8-20(9-7-18)32-25(27)28/h3-14,25H,15H2,1-2H3/b10-4+. The van der Waals surface area contributed by atoms with Gasteiger partial charge in [-0.1, -0.05) is 29.8 Å². The number of hydrogen-bond donors (Lipinski definition) is 0. The van der Waals surface area contributed by atoms with E-state index in [4.69, 9.17) is 21.1 Å². The summed E-state index contributed by atoms with van der Waals surface area (Å²) < 4.78 is 40.0. The van der Waals surface area contributed by atoms with Gasteiger partial charge in [0.1, 0.15) is 23.9 Å². The largest absolute Gasteiger partial charge is 0.496 e. The van der Waals surface area contributed by atoms with Crippen LogP contribution in [-0.2, 0) is 6.61 Å². The zero-order valence-corrected chi connectivity index (χ0v) is 18.2. The molecule has 0 saturated carbocycles. The molecule has 0 bridgehead atoms. The lowest BCUT2D eigenvalue weighted by molar-refractivity contribution is -0.0498. The van der Waals surface area contributed by atoms with Crippen molar-refractivity contribution in [2.45, 2.75) is 20.1 Å². The fraction of sp³-hybridized carbons (Fsp3) is 0.160. The smallest absolute Gasteiger partial charge is 0.387 e. The molecule has 0 atom stereocenters. The lowest BCUT2D eigenvalue weighted by Gasteiger charge is -2.12. The number of alkyl halides is 2. The third-order valence-corrected chi connectivity index (χ3v) is 4.86. The minimum atomic E-state index is -2.91. The summed E-state index contributed by atoms with van der Waals surface area (Å²) in [6, 6.07) is 16.5. The molecule has 0 N–H and O–H groups in total. The highest BCUT2D eigenvalue weighted by Gasteiger charge is 2.09. The minimum absolute atomic E-state index is 0.00555. The predicted octanol–water partition coefficient (Wildman–Crippen LogP) is 6.73. The van der Waals surface area contributed by atoms with Crippen LogP contribution in [0.1, 0.15) is 27.0 Å². The van der Waals surface area contributed by atoms with Gasteiger partial charge in [-0.3, -0.25) is 4.79 Å². The molecule has 0 spiro atoms. The molecule has 166 valence electrons. The van der Waals surface area contributed by atoms with E-state index in [9.17, 15) is 13.6 Å². The Kier molecular flexibility index (Phi) is 7.84. The second-order valence-electron chi connectivity index (χ2n) is 6.89. The molecule has 0 aliphatic heterocycles. The van der Waals surface area contributed by atoms with Gasteiger partial charge >= 0.3 is 6.61 Å². The zero-order chi connectivity index (χ0) is 23.1. The Morgan fingerprint density at radius 2 is 1.75 bits per heavy atom. The molecule has 32 heavy (non-hydrogen) atoms. The SMILES string of the molecule is COc1ccc(/C=C/C(=O)c2ccc(OC(F)F)cc2)cc1COc1ccc(C)cc1Cl. The van der Waals surface area contributed by atoms with Crippen LogP contribution in [0, 0.1) is 6.92 Å². The predicted molar refractivity (Wildman–Crippen MR) is 120 cm³/mol. The number of methoxy groups -OCH3 is 1. The van der Waals surface area contributed by atoms with Crippen molar-refractivity contribution in [1.29, 1.82) is 0 Å². The first-order valence-corrected chi connectivity index (χ1v) is 10.1. The fourth-order valence-electron chi connectivity index (χ4n) is 2.96. The molecule has 4 nitrogen and oxygen atoms in total. The van der Waals surface area contributed by atoms with E-state index in [-0.39, 0.29) is 18.1 Å². The molecule has 0 aromatic heterocycles. The van der Waals surface area contributed by atoms with Gasteiger partial charge in [0.05, 0.1) is 12.1 Å². The van der Waals surface area contributed by atoms with Gasteiger partial charge in [0, 0.05) is 11.1 Å². The maximum Gasteiger partial charge on any atom is 0.387 e. The summed E-state index contributed by atoms with van der Waals surface area (Å²) >= 11 is 6.23. The van der Waals surface area contributed by atoms with Gasteiger partial charge in [-0.25, -0.2) is 0 Å². The second kappa shape index (κ2) is 10.8. The number of hydrogen-bond acceptors (Lipinski definition) is 4. The molecule has 0 aliphatic rings. The van der Waals surface area contributed by atoms with Crippen molar-refractivity contribution in [3.63, 3.8) is 0 Å². The van der Waals surface area contributed by atoms with Gasteiger partial charge in [-0.2, -0.15) is 8.78 Å². The summed E-state index contributed by atoms with van der Waals surface area (Å²) in [5.74, 6) is 0.934. The van der Waals surface area contributed by atoms with Crippen LogP contribution in [0.25, 0.3) is 6.08 Å². The lowest BCUT2D eigenvalue weighted by Crippen LogP contribution is -2.02. The van der Waals surface area contributed by atoms with Crippen molar-refractivity contribution in [3.05, 3.63) is 94.0 Å². The highest BCUT2D eigenvalue weighted by molar-refractivity contribution is 6.32. The highest BCUT2D eigenvalue weighted by atomic mass is 35.5. The zero-order valence-electron chi connectivity index (χ0n) is 17.5. The Balaban J connectivity index is 1.71. The molecular weight excluding hydrogens is 438 g/mol. The molecule has 0 unspecified atom stereocenters. The lowest BCUT2D eigenvalue weighted by atomic mass is 10.1. The van der Waals surface area contributed by atoms with E-state index in [0.717, 1.165) is 16.7 Å². The molecule has 3 aromatic rings. The number of aryl methyl sites for hydroxylation is 1. The molecule has 0 radical (unpaired) electrons. The second-order valence-corrected chi connectivity index (χ2v) is 7.30. The van der Waals surface area contributed by atoms with Crippen molar-refractivity contribution in [1.82, 2.24) is 0 Å². The third kappa shape index (κ3) is 6.31. The van der Waals surface area contributed by atoms with Gasteiger partial charge in [0.15, 0.2) is 5.78 Å².